The lowest BCUT2D eigenvalue weighted by atomic mass is 10.1. The number of hydrogen-bond acceptors (Lipinski definition) is 2. The minimum Gasteiger partial charge on any atom is -0.142 e. The molecular weight excluding hydrogens is 255 g/mol. The van der Waals surface area contributed by atoms with Crippen molar-refractivity contribution in [1.82, 2.24) is 0 Å². The average Bonchev–Trinajstić information content (AvgIpc) is 2.30. The fourth-order valence-electron chi connectivity index (χ4n) is 1.28. The molecule has 92 valence electrons. The van der Waals surface area contributed by atoms with Gasteiger partial charge in [-0.1, -0.05) is 37.1 Å². The monoisotopic (exact) mass is 271 g/mol. The molecule has 0 aliphatic carbocycles. The zero-order chi connectivity index (χ0) is 12.7. The van der Waals surface area contributed by atoms with Gasteiger partial charge in [0.05, 0.1) is 0 Å². The SMILES string of the molecule is CCCCO[P+](=O)/C=C(\C)c1ccc(Cl)cc1. The zero-order valence-electron chi connectivity index (χ0n) is 10.1. The smallest absolute Gasteiger partial charge is 0.142 e. The number of rotatable bonds is 6. The van der Waals surface area contributed by atoms with Crippen LogP contribution < -0.4 is 0 Å². The summed E-state index contributed by atoms with van der Waals surface area (Å²) < 4.78 is 16.8. The molecule has 1 unspecified atom stereocenters. The first kappa shape index (κ1) is 14.4. The van der Waals surface area contributed by atoms with E-state index in [0.717, 1.165) is 24.0 Å². The molecule has 0 aliphatic heterocycles. The molecule has 4 heteroatoms. The lowest BCUT2D eigenvalue weighted by Crippen LogP contribution is -1.84. The summed E-state index contributed by atoms with van der Waals surface area (Å²) in [5.74, 6) is 1.66. The fraction of sp³-hybridized carbons (Fsp3) is 0.385. The van der Waals surface area contributed by atoms with E-state index in [-0.39, 0.29) is 0 Å². The van der Waals surface area contributed by atoms with Crippen molar-refractivity contribution in [2.45, 2.75) is 26.7 Å². The van der Waals surface area contributed by atoms with Gasteiger partial charge in [-0.15, -0.1) is 4.52 Å². The predicted octanol–water partition coefficient (Wildman–Crippen LogP) is 5.26. The van der Waals surface area contributed by atoms with Crippen LogP contribution >= 0.6 is 19.6 Å². The third-order valence-electron chi connectivity index (χ3n) is 2.32. The van der Waals surface area contributed by atoms with Gasteiger partial charge in [0.15, 0.2) is 5.82 Å². The van der Waals surface area contributed by atoms with E-state index in [1.807, 2.05) is 31.2 Å². The van der Waals surface area contributed by atoms with Crippen LogP contribution in [-0.4, -0.2) is 6.61 Å². The summed E-state index contributed by atoms with van der Waals surface area (Å²) >= 11 is 5.80. The summed E-state index contributed by atoms with van der Waals surface area (Å²) in [5, 5.41) is 0.699. The van der Waals surface area contributed by atoms with Gasteiger partial charge in [0, 0.05) is 10.6 Å². The Hall–Kier alpha value is -0.690. The Balaban J connectivity index is 2.59. The molecule has 0 amide bonds. The van der Waals surface area contributed by atoms with E-state index in [0.29, 0.717) is 11.6 Å². The van der Waals surface area contributed by atoms with Crippen molar-refractivity contribution in [2.75, 3.05) is 6.61 Å². The van der Waals surface area contributed by atoms with Gasteiger partial charge in [-0.2, -0.15) is 0 Å². The predicted molar refractivity (Wildman–Crippen MR) is 73.6 cm³/mol. The van der Waals surface area contributed by atoms with Crippen molar-refractivity contribution >= 4 is 25.2 Å². The molecule has 17 heavy (non-hydrogen) atoms. The first-order valence-corrected chi connectivity index (χ1v) is 7.29. The largest absolute Gasteiger partial charge is 0.541 e. The maximum Gasteiger partial charge on any atom is 0.541 e. The average molecular weight is 272 g/mol. The molecule has 0 aromatic heterocycles. The Labute approximate surface area is 109 Å². The van der Waals surface area contributed by atoms with Crippen molar-refractivity contribution in [3.8, 4) is 0 Å². The van der Waals surface area contributed by atoms with E-state index >= 15 is 0 Å². The van der Waals surface area contributed by atoms with Gasteiger partial charge in [0.2, 0.25) is 0 Å². The molecule has 0 fully saturated rings. The number of unbranched alkanes of at least 4 members (excludes halogenated alkanes) is 1. The van der Waals surface area contributed by atoms with Gasteiger partial charge in [0.1, 0.15) is 6.61 Å². The molecule has 0 N–H and O–H groups in total. The third-order valence-corrected chi connectivity index (χ3v) is 3.60. The molecule has 0 radical (unpaired) electrons. The fourth-order valence-corrected chi connectivity index (χ4v) is 2.26. The highest BCUT2D eigenvalue weighted by atomic mass is 35.5. The summed E-state index contributed by atoms with van der Waals surface area (Å²) in [5.41, 5.74) is 1.95. The summed E-state index contributed by atoms with van der Waals surface area (Å²) in [6.07, 6.45) is 1.98. The van der Waals surface area contributed by atoms with Gasteiger partial charge < -0.3 is 0 Å². The lowest BCUT2D eigenvalue weighted by Gasteiger charge is -1.97. The van der Waals surface area contributed by atoms with Gasteiger partial charge in [0.25, 0.3) is 0 Å². The Morgan fingerprint density at radius 1 is 1.41 bits per heavy atom. The van der Waals surface area contributed by atoms with Crippen molar-refractivity contribution in [3.63, 3.8) is 0 Å². The van der Waals surface area contributed by atoms with Crippen molar-refractivity contribution in [1.29, 1.82) is 0 Å². The van der Waals surface area contributed by atoms with Crippen LogP contribution in [0.4, 0.5) is 0 Å². The minimum absolute atomic E-state index is 0.552. The molecule has 0 heterocycles. The Kier molecular flexibility index (Phi) is 6.43. The third kappa shape index (κ3) is 5.45. The summed E-state index contributed by atoms with van der Waals surface area (Å²) in [6, 6.07) is 7.45. The number of benzene rings is 1. The molecule has 1 aromatic carbocycles. The van der Waals surface area contributed by atoms with Gasteiger partial charge in [-0.05, 0) is 35.6 Å². The molecule has 0 spiro atoms. The molecular formula is C13H17ClO2P+. The molecule has 0 saturated heterocycles. The Bertz CT molecular complexity index is 398. The van der Waals surface area contributed by atoms with Gasteiger partial charge in [-0.3, -0.25) is 0 Å². The second kappa shape index (κ2) is 7.60. The van der Waals surface area contributed by atoms with E-state index in [1.54, 1.807) is 5.82 Å². The van der Waals surface area contributed by atoms with Crippen LogP contribution in [0.25, 0.3) is 5.57 Å². The van der Waals surface area contributed by atoms with Crippen LogP contribution in [-0.2, 0) is 9.09 Å². The first-order chi connectivity index (χ1) is 8.13. The van der Waals surface area contributed by atoms with Crippen LogP contribution in [0.5, 0.6) is 0 Å². The molecule has 0 aliphatic rings. The number of allylic oxidation sites excluding steroid dienone is 1. The van der Waals surface area contributed by atoms with Crippen LogP contribution in [0, 0.1) is 0 Å². The molecule has 1 rings (SSSR count). The standard InChI is InChI=1S/C13H17ClO2P/c1-3-4-9-16-17(15)10-11(2)12-5-7-13(14)8-6-12/h5-8,10H,3-4,9H2,1-2H3/q+1/b11-10+. The summed E-state index contributed by atoms with van der Waals surface area (Å²) in [7, 11) is -1.71. The minimum atomic E-state index is -1.71. The highest BCUT2D eigenvalue weighted by Gasteiger charge is 2.14. The molecule has 2 nitrogen and oxygen atoms in total. The molecule has 1 aromatic rings. The highest BCUT2D eigenvalue weighted by Crippen LogP contribution is 2.30. The van der Waals surface area contributed by atoms with E-state index < -0.39 is 8.03 Å². The van der Waals surface area contributed by atoms with E-state index in [4.69, 9.17) is 16.1 Å². The van der Waals surface area contributed by atoms with Crippen molar-refractivity contribution in [3.05, 3.63) is 40.7 Å². The van der Waals surface area contributed by atoms with Crippen LogP contribution in [0.2, 0.25) is 5.02 Å². The van der Waals surface area contributed by atoms with Crippen molar-refractivity contribution < 1.29 is 9.09 Å². The first-order valence-electron chi connectivity index (χ1n) is 5.67. The maximum absolute atomic E-state index is 11.6. The van der Waals surface area contributed by atoms with Crippen LogP contribution in [0.3, 0.4) is 0 Å². The van der Waals surface area contributed by atoms with Crippen LogP contribution in [0.1, 0.15) is 32.3 Å². The number of halogens is 1. The Morgan fingerprint density at radius 3 is 2.65 bits per heavy atom. The molecule has 0 bridgehead atoms. The molecule has 1 atom stereocenters. The highest BCUT2D eigenvalue weighted by molar-refractivity contribution is 7.43. The zero-order valence-corrected chi connectivity index (χ0v) is 11.8. The van der Waals surface area contributed by atoms with Gasteiger partial charge in [-0.25, -0.2) is 0 Å². The lowest BCUT2D eigenvalue weighted by molar-refractivity contribution is 0.326. The van der Waals surface area contributed by atoms with Crippen molar-refractivity contribution in [2.24, 2.45) is 0 Å². The van der Waals surface area contributed by atoms with E-state index in [9.17, 15) is 4.57 Å². The summed E-state index contributed by atoms with van der Waals surface area (Å²) in [6.45, 7) is 4.54. The Morgan fingerprint density at radius 2 is 2.06 bits per heavy atom. The van der Waals surface area contributed by atoms with Crippen LogP contribution in [0.15, 0.2) is 30.1 Å². The number of hydrogen-bond donors (Lipinski definition) is 0. The maximum atomic E-state index is 11.6. The second-order valence-electron chi connectivity index (χ2n) is 3.79. The van der Waals surface area contributed by atoms with Gasteiger partial charge >= 0.3 is 8.03 Å². The molecule has 0 saturated carbocycles. The summed E-state index contributed by atoms with van der Waals surface area (Å²) in [4.78, 5) is 0. The normalized spacial score (nSPS) is 12.6. The van der Waals surface area contributed by atoms with E-state index in [1.165, 1.54) is 0 Å². The van der Waals surface area contributed by atoms with E-state index in [2.05, 4.69) is 6.92 Å². The second-order valence-corrected chi connectivity index (χ2v) is 5.31. The topological polar surface area (TPSA) is 26.3 Å². The quantitative estimate of drug-likeness (QED) is 0.521.